The van der Waals surface area contributed by atoms with Gasteiger partial charge in [0, 0.05) is 6.07 Å². The molecule has 0 unspecified atom stereocenters. The van der Waals surface area contributed by atoms with E-state index in [1.807, 2.05) is 13.8 Å². The molecule has 0 saturated heterocycles. The molecule has 0 amide bonds. The van der Waals surface area contributed by atoms with E-state index in [-0.39, 0.29) is 0 Å². The fourth-order valence-electron chi connectivity index (χ4n) is 1.08. The van der Waals surface area contributed by atoms with Crippen molar-refractivity contribution >= 4 is 15.9 Å². The van der Waals surface area contributed by atoms with E-state index in [2.05, 4.69) is 4.72 Å². The Morgan fingerprint density at radius 3 is 2.69 bits per heavy atom. The van der Waals surface area contributed by atoms with Gasteiger partial charge in [-0.05, 0) is 18.1 Å². The fraction of sp³-hybridized carbons (Fsp3) is 0.400. The van der Waals surface area contributed by atoms with E-state index in [0.29, 0.717) is 24.0 Å². The predicted octanol–water partition coefficient (Wildman–Crippen LogP) is 1.34. The standard InChI is InChI=1S/C10H16N2O3S/c1-8(2)7-15-10-5-3-4-9(6-10)12-16(11,13)14/h3-6,8,12H,7H2,1-2H3,(H2,11,13,14). The molecule has 1 aromatic carbocycles. The molecule has 0 saturated carbocycles. The van der Waals surface area contributed by atoms with Crippen molar-refractivity contribution in [2.45, 2.75) is 13.8 Å². The summed E-state index contributed by atoms with van der Waals surface area (Å²) in [4.78, 5) is 0. The third kappa shape index (κ3) is 4.99. The molecule has 0 fully saturated rings. The van der Waals surface area contributed by atoms with Crippen LogP contribution in [-0.4, -0.2) is 15.0 Å². The van der Waals surface area contributed by atoms with Gasteiger partial charge in [0.05, 0.1) is 12.3 Å². The van der Waals surface area contributed by atoms with Crippen molar-refractivity contribution in [2.75, 3.05) is 11.3 Å². The lowest BCUT2D eigenvalue weighted by Crippen LogP contribution is -2.21. The minimum atomic E-state index is -3.73. The van der Waals surface area contributed by atoms with Gasteiger partial charge in [-0.25, -0.2) is 5.14 Å². The first-order chi connectivity index (χ1) is 7.37. The second-order valence-corrected chi connectivity index (χ2v) is 5.17. The number of benzene rings is 1. The zero-order valence-electron chi connectivity index (χ0n) is 9.30. The SMILES string of the molecule is CC(C)COc1cccc(NS(N)(=O)=O)c1. The van der Waals surface area contributed by atoms with Crippen LogP contribution in [0.25, 0.3) is 0 Å². The van der Waals surface area contributed by atoms with Gasteiger partial charge >= 0.3 is 0 Å². The Kier molecular flexibility index (Phi) is 4.14. The largest absolute Gasteiger partial charge is 0.493 e. The van der Waals surface area contributed by atoms with Gasteiger partial charge < -0.3 is 4.74 Å². The van der Waals surface area contributed by atoms with Crippen LogP contribution in [0.4, 0.5) is 5.69 Å². The second-order valence-electron chi connectivity index (χ2n) is 3.88. The summed E-state index contributed by atoms with van der Waals surface area (Å²) in [6.07, 6.45) is 0. The van der Waals surface area contributed by atoms with Crippen molar-refractivity contribution in [1.82, 2.24) is 0 Å². The minimum Gasteiger partial charge on any atom is -0.493 e. The molecule has 6 heteroatoms. The summed E-state index contributed by atoms with van der Waals surface area (Å²) in [6.45, 7) is 4.65. The summed E-state index contributed by atoms with van der Waals surface area (Å²) >= 11 is 0. The van der Waals surface area contributed by atoms with Crippen molar-refractivity contribution in [3.8, 4) is 5.75 Å². The van der Waals surface area contributed by atoms with Crippen LogP contribution < -0.4 is 14.6 Å². The maximum Gasteiger partial charge on any atom is 0.296 e. The molecule has 0 atom stereocenters. The fourth-order valence-corrected chi connectivity index (χ4v) is 1.53. The lowest BCUT2D eigenvalue weighted by molar-refractivity contribution is 0.271. The van der Waals surface area contributed by atoms with E-state index in [4.69, 9.17) is 9.88 Å². The van der Waals surface area contributed by atoms with E-state index in [0.717, 1.165) is 0 Å². The average molecular weight is 244 g/mol. The number of anilines is 1. The first-order valence-corrected chi connectivity index (χ1v) is 6.45. The highest BCUT2D eigenvalue weighted by atomic mass is 32.2. The Morgan fingerprint density at radius 1 is 1.44 bits per heavy atom. The number of rotatable bonds is 5. The van der Waals surface area contributed by atoms with E-state index in [9.17, 15) is 8.42 Å². The predicted molar refractivity (Wildman–Crippen MR) is 63.5 cm³/mol. The van der Waals surface area contributed by atoms with Gasteiger partial charge in [-0.2, -0.15) is 8.42 Å². The lowest BCUT2D eigenvalue weighted by Gasteiger charge is -2.10. The first kappa shape index (κ1) is 12.8. The lowest BCUT2D eigenvalue weighted by atomic mass is 10.2. The number of hydrogen-bond acceptors (Lipinski definition) is 3. The molecule has 0 spiro atoms. The molecule has 0 aromatic heterocycles. The molecule has 1 rings (SSSR count). The van der Waals surface area contributed by atoms with Gasteiger partial charge in [-0.1, -0.05) is 19.9 Å². The third-order valence-corrected chi connectivity index (χ3v) is 2.20. The van der Waals surface area contributed by atoms with Crippen LogP contribution in [0, 0.1) is 5.92 Å². The van der Waals surface area contributed by atoms with Crippen molar-refractivity contribution in [2.24, 2.45) is 11.1 Å². The molecule has 5 nitrogen and oxygen atoms in total. The van der Waals surface area contributed by atoms with Gasteiger partial charge in [-0.3, -0.25) is 4.72 Å². The average Bonchev–Trinajstić information content (AvgIpc) is 2.12. The monoisotopic (exact) mass is 244 g/mol. The van der Waals surface area contributed by atoms with Crippen molar-refractivity contribution in [3.63, 3.8) is 0 Å². The van der Waals surface area contributed by atoms with Crippen molar-refractivity contribution in [1.29, 1.82) is 0 Å². The molecule has 0 radical (unpaired) electrons. The summed E-state index contributed by atoms with van der Waals surface area (Å²) in [5.41, 5.74) is 0.392. The van der Waals surface area contributed by atoms with E-state index < -0.39 is 10.2 Å². The Bertz CT molecular complexity index is 443. The molecule has 90 valence electrons. The highest BCUT2D eigenvalue weighted by molar-refractivity contribution is 7.90. The van der Waals surface area contributed by atoms with E-state index in [1.54, 1.807) is 24.3 Å². The van der Waals surface area contributed by atoms with Crippen molar-refractivity contribution in [3.05, 3.63) is 24.3 Å². The van der Waals surface area contributed by atoms with Crippen molar-refractivity contribution < 1.29 is 13.2 Å². The normalized spacial score (nSPS) is 11.5. The zero-order valence-corrected chi connectivity index (χ0v) is 10.1. The molecule has 0 aliphatic heterocycles. The number of nitrogens with one attached hydrogen (secondary N) is 1. The molecule has 0 aliphatic carbocycles. The van der Waals surface area contributed by atoms with Gasteiger partial charge in [0.2, 0.25) is 0 Å². The summed E-state index contributed by atoms with van der Waals surface area (Å²) in [7, 11) is -3.73. The van der Waals surface area contributed by atoms with Gasteiger partial charge in [0.25, 0.3) is 10.2 Å². The van der Waals surface area contributed by atoms with Crippen LogP contribution in [0.3, 0.4) is 0 Å². The Labute approximate surface area is 95.8 Å². The molecule has 0 aliphatic rings. The van der Waals surface area contributed by atoms with Crippen LogP contribution >= 0.6 is 0 Å². The van der Waals surface area contributed by atoms with Crippen LogP contribution in [0.2, 0.25) is 0 Å². The van der Waals surface area contributed by atoms with E-state index in [1.165, 1.54) is 0 Å². The van der Waals surface area contributed by atoms with Crippen LogP contribution in [0.15, 0.2) is 24.3 Å². The maximum absolute atomic E-state index is 10.8. The molecule has 1 aromatic rings. The molecule has 0 bridgehead atoms. The zero-order chi connectivity index (χ0) is 12.2. The highest BCUT2D eigenvalue weighted by Gasteiger charge is 2.03. The third-order valence-electron chi connectivity index (χ3n) is 1.68. The highest BCUT2D eigenvalue weighted by Crippen LogP contribution is 2.18. The van der Waals surface area contributed by atoms with E-state index >= 15 is 0 Å². The van der Waals surface area contributed by atoms with Crippen LogP contribution in [0.5, 0.6) is 5.75 Å². The summed E-state index contributed by atoms with van der Waals surface area (Å²) in [5, 5.41) is 4.86. The molecule has 0 heterocycles. The van der Waals surface area contributed by atoms with Gasteiger partial charge in [-0.15, -0.1) is 0 Å². The Morgan fingerprint density at radius 2 is 2.12 bits per heavy atom. The summed E-state index contributed by atoms with van der Waals surface area (Å²) in [6, 6.07) is 6.65. The van der Waals surface area contributed by atoms with Crippen LogP contribution in [0.1, 0.15) is 13.8 Å². The Balaban J connectivity index is 2.71. The minimum absolute atomic E-state index is 0.392. The molecule has 16 heavy (non-hydrogen) atoms. The number of nitrogens with two attached hydrogens (primary N) is 1. The Hall–Kier alpha value is -1.27. The maximum atomic E-state index is 10.8. The number of hydrogen-bond donors (Lipinski definition) is 2. The molecule has 3 N–H and O–H groups in total. The number of ether oxygens (including phenoxy) is 1. The summed E-state index contributed by atoms with van der Waals surface area (Å²) in [5.74, 6) is 1.03. The smallest absolute Gasteiger partial charge is 0.296 e. The topological polar surface area (TPSA) is 81.4 Å². The molecular weight excluding hydrogens is 228 g/mol. The second kappa shape index (κ2) is 5.18. The van der Waals surface area contributed by atoms with Gasteiger partial charge in [0.15, 0.2) is 0 Å². The van der Waals surface area contributed by atoms with Gasteiger partial charge in [0.1, 0.15) is 5.75 Å². The first-order valence-electron chi connectivity index (χ1n) is 4.90. The quantitative estimate of drug-likeness (QED) is 0.820. The molecular formula is C10H16N2O3S. The van der Waals surface area contributed by atoms with Crippen LogP contribution in [-0.2, 0) is 10.2 Å². The summed E-state index contributed by atoms with van der Waals surface area (Å²) < 4.78 is 29.2.